The minimum absolute atomic E-state index is 0.573. The van der Waals surface area contributed by atoms with Crippen molar-refractivity contribution in [3.05, 3.63) is 29.3 Å². The highest BCUT2D eigenvalue weighted by atomic mass is 32.2. The summed E-state index contributed by atoms with van der Waals surface area (Å²) in [6.45, 7) is 4.00. The van der Waals surface area contributed by atoms with Gasteiger partial charge in [0.2, 0.25) is 0 Å². The Morgan fingerprint density at radius 3 is 2.94 bits per heavy atom. The lowest BCUT2D eigenvalue weighted by Gasteiger charge is -2.26. The Balaban J connectivity index is 1.67. The molecule has 0 amide bonds. The van der Waals surface area contributed by atoms with Crippen LogP contribution < -0.4 is 5.32 Å². The average Bonchev–Trinajstić information content (AvgIpc) is 2.79. The quantitative estimate of drug-likeness (QED) is 0.856. The molecule has 0 radical (unpaired) electrons. The minimum Gasteiger partial charge on any atom is -0.384 e. The summed E-state index contributed by atoms with van der Waals surface area (Å²) in [6.07, 6.45) is 1.15. The number of rotatable bonds is 2. The second-order valence-corrected chi connectivity index (χ2v) is 6.49. The summed E-state index contributed by atoms with van der Waals surface area (Å²) in [7, 11) is -0.573. The summed E-state index contributed by atoms with van der Waals surface area (Å²) in [5, 5.41) is 3.42. The summed E-state index contributed by atoms with van der Waals surface area (Å²) >= 11 is 0. The van der Waals surface area contributed by atoms with Gasteiger partial charge in [-0.3, -0.25) is 9.11 Å². The highest BCUT2D eigenvalue weighted by Gasteiger charge is 2.16. The molecule has 0 spiro atoms. The molecule has 17 heavy (non-hydrogen) atoms. The molecule has 1 saturated heterocycles. The van der Waals surface area contributed by atoms with Crippen molar-refractivity contribution in [3.8, 4) is 0 Å². The van der Waals surface area contributed by atoms with Crippen LogP contribution in [0.4, 0.5) is 5.69 Å². The average molecular weight is 250 g/mol. The van der Waals surface area contributed by atoms with Crippen LogP contribution in [0.15, 0.2) is 18.2 Å². The van der Waals surface area contributed by atoms with E-state index in [0.717, 1.165) is 44.1 Å². The Morgan fingerprint density at radius 2 is 2.12 bits per heavy atom. The Kier molecular flexibility index (Phi) is 3.16. The van der Waals surface area contributed by atoms with E-state index in [1.54, 1.807) is 0 Å². The first-order valence-corrected chi connectivity index (χ1v) is 7.73. The molecule has 3 nitrogen and oxygen atoms in total. The van der Waals surface area contributed by atoms with Crippen molar-refractivity contribution in [2.45, 2.75) is 13.0 Å². The minimum atomic E-state index is -0.573. The van der Waals surface area contributed by atoms with Gasteiger partial charge in [-0.15, -0.1) is 0 Å². The first-order chi connectivity index (χ1) is 8.31. The Labute approximate surface area is 105 Å². The number of hydrogen-bond acceptors (Lipinski definition) is 3. The lowest BCUT2D eigenvalue weighted by molar-refractivity contribution is 0.291. The van der Waals surface area contributed by atoms with Crippen molar-refractivity contribution in [3.63, 3.8) is 0 Å². The standard InChI is InChI=1S/C13H18N2OS/c16-17-7-5-15(6-8-17)10-11-1-2-12-3-4-14-13(12)9-11/h1-2,9,14H,3-8,10H2. The molecule has 3 rings (SSSR count). The van der Waals surface area contributed by atoms with Crippen LogP contribution >= 0.6 is 0 Å². The predicted molar refractivity (Wildman–Crippen MR) is 71.8 cm³/mol. The molecule has 2 aliphatic rings. The van der Waals surface area contributed by atoms with E-state index in [-0.39, 0.29) is 0 Å². The third-order valence-corrected chi connectivity index (χ3v) is 4.84. The molecule has 4 heteroatoms. The molecule has 0 unspecified atom stereocenters. The number of nitrogens with one attached hydrogen (secondary N) is 1. The Morgan fingerprint density at radius 1 is 1.29 bits per heavy atom. The number of nitrogens with zero attached hydrogens (tertiary/aromatic N) is 1. The van der Waals surface area contributed by atoms with Crippen LogP contribution in [0.3, 0.4) is 0 Å². The van der Waals surface area contributed by atoms with Crippen molar-refractivity contribution in [1.29, 1.82) is 0 Å². The maximum absolute atomic E-state index is 11.3. The van der Waals surface area contributed by atoms with Crippen LogP contribution in [-0.2, 0) is 23.8 Å². The van der Waals surface area contributed by atoms with Crippen LogP contribution in [0.2, 0.25) is 0 Å². The lowest BCUT2D eigenvalue weighted by atomic mass is 10.1. The van der Waals surface area contributed by atoms with Gasteiger partial charge in [0.25, 0.3) is 0 Å². The SMILES string of the molecule is O=S1CCN(Cc2ccc3c(c2)NCC3)CC1. The van der Waals surface area contributed by atoms with Crippen LogP contribution in [0, 0.1) is 0 Å². The molecule has 1 fully saturated rings. The molecular weight excluding hydrogens is 232 g/mol. The molecule has 92 valence electrons. The van der Waals surface area contributed by atoms with Gasteiger partial charge in [0.1, 0.15) is 0 Å². The molecule has 0 aromatic heterocycles. The van der Waals surface area contributed by atoms with E-state index in [0.29, 0.717) is 0 Å². The third-order valence-electron chi connectivity index (χ3n) is 3.56. The van der Waals surface area contributed by atoms with Crippen molar-refractivity contribution in [2.75, 3.05) is 36.5 Å². The summed E-state index contributed by atoms with van der Waals surface area (Å²) in [6, 6.07) is 6.75. The first kappa shape index (κ1) is 11.2. The van der Waals surface area contributed by atoms with Gasteiger partial charge in [-0.05, 0) is 23.6 Å². The Bertz CT molecular complexity index is 437. The second-order valence-electron chi connectivity index (χ2n) is 4.79. The van der Waals surface area contributed by atoms with Crippen LogP contribution in [0.1, 0.15) is 11.1 Å². The Hall–Kier alpha value is -0.870. The fraction of sp³-hybridized carbons (Fsp3) is 0.538. The van der Waals surface area contributed by atoms with Gasteiger partial charge in [0.05, 0.1) is 0 Å². The predicted octanol–water partition coefficient (Wildman–Crippen LogP) is 1.22. The monoisotopic (exact) mass is 250 g/mol. The summed E-state index contributed by atoms with van der Waals surface area (Å²) in [5.41, 5.74) is 4.11. The van der Waals surface area contributed by atoms with Gasteiger partial charge in [0.15, 0.2) is 0 Å². The lowest BCUT2D eigenvalue weighted by Crippen LogP contribution is -2.37. The van der Waals surface area contributed by atoms with Gasteiger partial charge in [-0.1, -0.05) is 12.1 Å². The molecule has 0 aliphatic carbocycles. The van der Waals surface area contributed by atoms with Crippen LogP contribution in [0.25, 0.3) is 0 Å². The van der Waals surface area contributed by atoms with E-state index in [9.17, 15) is 4.21 Å². The molecule has 2 heterocycles. The maximum Gasteiger partial charge on any atom is 0.0376 e. The van der Waals surface area contributed by atoms with E-state index < -0.39 is 10.8 Å². The van der Waals surface area contributed by atoms with E-state index in [1.165, 1.54) is 16.8 Å². The van der Waals surface area contributed by atoms with Gasteiger partial charge < -0.3 is 5.32 Å². The molecule has 0 saturated carbocycles. The van der Waals surface area contributed by atoms with E-state index in [4.69, 9.17) is 0 Å². The van der Waals surface area contributed by atoms with E-state index in [2.05, 4.69) is 28.4 Å². The van der Waals surface area contributed by atoms with Crippen molar-refractivity contribution < 1.29 is 4.21 Å². The largest absolute Gasteiger partial charge is 0.384 e. The van der Waals surface area contributed by atoms with E-state index in [1.807, 2.05) is 0 Å². The van der Waals surface area contributed by atoms with Gasteiger partial charge >= 0.3 is 0 Å². The third kappa shape index (κ3) is 2.53. The molecule has 1 aromatic carbocycles. The van der Waals surface area contributed by atoms with Gasteiger partial charge in [0, 0.05) is 54.2 Å². The number of fused-ring (bicyclic) bond motifs is 1. The van der Waals surface area contributed by atoms with Crippen molar-refractivity contribution >= 4 is 16.5 Å². The van der Waals surface area contributed by atoms with Gasteiger partial charge in [-0.2, -0.15) is 0 Å². The number of benzene rings is 1. The molecule has 2 aliphatic heterocycles. The van der Waals surface area contributed by atoms with Crippen molar-refractivity contribution in [1.82, 2.24) is 4.90 Å². The highest BCUT2D eigenvalue weighted by molar-refractivity contribution is 7.85. The van der Waals surface area contributed by atoms with Crippen LogP contribution in [0.5, 0.6) is 0 Å². The fourth-order valence-corrected chi connectivity index (χ4v) is 3.66. The van der Waals surface area contributed by atoms with Crippen LogP contribution in [-0.4, -0.2) is 40.2 Å². The zero-order valence-electron chi connectivity index (χ0n) is 9.95. The molecule has 0 bridgehead atoms. The summed E-state index contributed by atoms with van der Waals surface area (Å²) in [5.74, 6) is 1.67. The fourth-order valence-electron chi connectivity index (χ4n) is 2.53. The topological polar surface area (TPSA) is 32.3 Å². The summed E-state index contributed by atoms with van der Waals surface area (Å²) < 4.78 is 11.3. The molecule has 0 atom stereocenters. The summed E-state index contributed by atoms with van der Waals surface area (Å²) in [4.78, 5) is 2.40. The van der Waals surface area contributed by atoms with Gasteiger partial charge in [-0.25, -0.2) is 0 Å². The molecular formula is C13H18N2OS. The first-order valence-electron chi connectivity index (χ1n) is 6.24. The molecule has 1 N–H and O–H groups in total. The molecule has 1 aromatic rings. The second kappa shape index (κ2) is 4.78. The number of hydrogen-bond donors (Lipinski definition) is 1. The normalized spacial score (nSPS) is 21.2. The zero-order valence-corrected chi connectivity index (χ0v) is 10.8. The van der Waals surface area contributed by atoms with E-state index >= 15 is 0 Å². The number of anilines is 1. The van der Waals surface area contributed by atoms with Crippen molar-refractivity contribution in [2.24, 2.45) is 0 Å². The maximum atomic E-state index is 11.3. The smallest absolute Gasteiger partial charge is 0.0376 e. The zero-order chi connectivity index (χ0) is 11.7. The highest BCUT2D eigenvalue weighted by Crippen LogP contribution is 2.24.